The molecule has 0 atom stereocenters. The van der Waals surface area contributed by atoms with Gasteiger partial charge in [-0.1, -0.05) is 0 Å². The first-order chi connectivity index (χ1) is 9.05. The maximum atomic E-state index is 12.2. The molecule has 7 heteroatoms. The first kappa shape index (κ1) is 16.5. The Morgan fingerprint density at radius 3 is 2.30 bits per heavy atom. The molecular weight excluding hydrogens is 280 g/mol. The molecule has 0 unspecified atom stereocenters. The number of sulfonamides is 1. The number of nitrogens with one attached hydrogen (secondary N) is 2. The summed E-state index contributed by atoms with van der Waals surface area (Å²) in [4.78, 5) is 11.2. The fourth-order valence-electron chi connectivity index (χ4n) is 1.60. The first-order valence-corrected chi connectivity index (χ1v) is 7.53. The van der Waals surface area contributed by atoms with Crippen LogP contribution >= 0.6 is 0 Å². The summed E-state index contributed by atoms with van der Waals surface area (Å²) in [5.74, 6) is 0.0940. The summed E-state index contributed by atoms with van der Waals surface area (Å²) in [7, 11) is -2.21. The van der Waals surface area contributed by atoms with Crippen molar-refractivity contribution < 1.29 is 17.9 Å². The van der Waals surface area contributed by atoms with Crippen molar-refractivity contribution >= 4 is 21.6 Å². The van der Waals surface area contributed by atoms with Crippen LogP contribution in [0.1, 0.15) is 27.7 Å². The van der Waals surface area contributed by atoms with Gasteiger partial charge in [0.1, 0.15) is 5.75 Å². The fraction of sp³-hybridized carbons (Fsp3) is 0.462. The lowest BCUT2D eigenvalue weighted by Gasteiger charge is -2.21. The van der Waals surface area contributed by atoms with E-state index in [2.05, 4.69) is 10.0 Å². The molecule has 6 nitrogen and oxygen atoms in total. The zero-order chi connectivity index (χ0) is 15.6. The van der Waals surface area contributed by atoms with Gasteiger partial charge in [-0.05, 0) is 39.0 Å². The summed E-state index contributed by atoms with van der Waals surface area (Å²) < 4.78 is 32.1. The van der Waals surface area contributed by atoms with E-state index in [4.69, 9.17) is 4.74 Å². The van der Waals surface area contributed by atoms with E-state index in [1.165, 1.54) is 32.2 Å². The van der Waals surface area contributed by atoms with Crippen molar-refractivity contribution in [3.8, 4) is 5.75 Å². The molecule has 0 saturated carbocycles. The highest BCUT2D eigenvalue weighted by Gasteiger charge is 2.23. The van der Waals surface area contributed by atoms with E-state index in [0.29, 0.717) is 11.4 Å². The smallest absolute Gasteiger partial charge is 0.241 e. The lowest BCUT2D eigenvalue weighted by atomic mass is 10.1. The van der Waals surface area contributed by atoms with Crippen LogP contribution in [0.3, 0.4) is 0 Å². The number of carbonyl (C=O) groups excluding carboxylic acids is 1. The van der Waals surface area contributed by atoms with Crippen LogP contribution in [0.2, 0.25) is 0 Å². The second-order valence-corrected chi connectivity index (χ2v) is 7.08. The van der Waals surface area contributed by atoms with Gasteiger partial charge in [0.25, 0.3) is 0 Å². The third kappa shape index (κ3) is 4.50. The molecule has 1 rings (SSSR count). The molecule has 0 spiro atoms. The minimum atomic E-state index is -3.66. The van der Waals surface area contributed by atoms with Gasteiger partial charge in [0, 0.05) is 12.5 Å². The Morgan fingerprint density at radius 2 is 1.85 bits per heavy atom. The zero-order valence-electron chi connectivity index (χ0n) is 12.3. The van der Waals surface area contributed by atoms with Gasteiger partial charge in [-0.2, -0.15) is 0 Å². The normalized spacial score (nSPS) is 12.1. The molecule has 0 heterocycles. The lowest BCUT2D eigenvalue weighted by molar-refractivity contribution is -0.114. The van der Waals surface area contributed by atoms with Crippen molar-refractivity contribution in [2.75, 3.05) is 12.4 Å². The standard InChI is InChI=1S/C13H20N2O4S/c1-9(16)14-11-8-10(6-7-12(11)19-5)20(17,18)15-13(2,3)4/h6-8,15H,1-5H3,(H,14,16). The predicted molar refractivity (Wildman–Crippen MR) is 77.4 cm³/mol. The molecule has 112 valence electrons. The molecule has 0 radical (unpaired) electrons. The number of carbonyl (C=O) groups is 1. The number of benzene rings is 1. The largest absolute Gasteiger partial charge is 0.495 e. The predicted octanol–water partition coefficient (Wildman–Crippen LogP) is 1.73. The van der Waals surface area contributed by atoms with Crippen LogP contribution in [-0.4, -0.2) is 27.0 Å². The molecule has 0 fully saturated rings. The maximum absolute atomic E-state index is 12.2. The van der Waals surface area contributed by atoms with Gasteiger partial charge < -0.3 is 10.1 Å². The number of anilines is 1. The second kappa shape index (κ2) is 5.80. The van der Waals surface area contributed by atoms with E-state index >= 15 is 0 Å². The maximum Gasteiger partial charge on any atom is 0.241 e. The number of ether oxygens (including phenoxy) is 1. The molecule has 0 aliphatic heterocycles. The summed E-state index contributed by atoms with van der Waals surface area (Å²) in [6, 6.07) is 4.30. The van der Waals surface area contributed by atoms with Crippen molar-refractivity contribution in [3.63, 3.8) is 0 Å². The molecule has 0 aliphatic carbocycles. The van der Waals surface area contributed by atoms with Crippen LogP contribution in [0, 0.1) is 0 Å². The summed E-state index contributed by atoms with van der Waals surface area (Å²) in [5.41, 5.74) is -0.274. The van der Waals surface area contributed by atoms with Crippen molar-refractivity contribution in [2.45, 2.75) is 38.1 Å². The number of amides is 1. The quantitative estimate of drug-likeness (QED) is 0.887. The Morgan fingerprint density at radius 1 is 1.25 bits per heavy atom. The van der Waals surface area contributed by atoms with Crippen LogP contribution in [-0.2, 0) is 14.8 Å². The third-order valence-corrected chi connectivity index (χ3v) is 3.99. The monoisotopic (exact) mass is 300 g/mol. The third-order valence-electron chi connectivity index (χ3n) is 2.23. The SMILES string of the molecule is COc1ccc(S(=O)(=O)NC(C)(C)C)cc1NC(C)=O. The zero-order valence-corrected chi connectivity index (χ0v) is 13.1. The molecule has 2 N–H and O–H groups in total. The highest BCUT2D eigenvalue weighted by atomic mass is 32.2. The van der Waals surface area contributed by atoms with Crippen LogP contribution in [0.5, 0.6) is 5.75 Å². The van der Waals surface area contributed by atoms with Gasteiger partial charge in [0.15, 0.2) is 0 Å². The van der Waals surface area contributed by atoms with Crippen LogP contribution in [0.4, 0.5) is 5.69 Å². The molecular formula is C13H20N2O4S. The number of methoxy groups -OCH3 is 1. The van der Waals surface area contributed by atoms with Gasteiger partial charge in [-0.3, -0.25) is 4.79 Å². The Balaban J connectivity index is 3.23. The van der Waals surface area contributed by atoms with Gasteiger partial charge in [-0.15, -0.1) is 0 Å². The fourth-order valence-corrected chi connectivity index (χ4v) is 3.05. The second-order valence-electron chi connectivity index (χ2n) is 5.40. The minimum absolute atomic E-state index is 0.0666. The van der Waals surface area contributed by atoms with Gasteiger partial charge in [0.2, 0.25) is 15.9 Å². The van der Waals surface area contributed by atoms with Gasteiger partial charge in [-0.25, -0.2) is 13.1 Å². The highest BCUT2D eigenvalue weighted by Crippen LogP contribution is 2.27. The van der Waals surface area contributed by atoms with Gasteiger partial charge in [0.05, 0.1) is 17.7 Å². The minimum Gasteiger partial charge on any atom is -0.495 e. The van der Waals surface area contributed by atoms with Crippen molar-refractivity contribution in [1.82, 2.24) is 4.72 Å². The number of rotatable bonds is 4. The lowest BCUT2D eigenvalue weighted by Crippen LogP contribution is -2.40. The summed E-state index contributed by atoms with van der Waals surface area (Å²) in [6.07, 6.45) is 0. The molecule has 20 heavy (non-hydrogen) atoms. The topological polar surface area (TPSA) is 84.5 Å². The van der Waals surface area contributed by atoms with Crippen molar-refractivity contribution in [3.05, 3.63) is 18.2 Å². The summed E-state index contributed by atoms with van der Waals surface area (Å²) in [6.45, 7) is 6.60. The Labute approximate surface area is 119 Å². The molecule has 1 aromatic carbocycles. The average molecular weight is 300 g/mol. The molecule has 1 aromatic rings. The average Bonchev–Trinajstić information content (AvgIpc) is 2.24. The Bertz CT molecular complexity index is 603. The summed E-state index contributed by atoms with van der Waals surface area (Å²) >= 11 is 0. The Kier molecular flexibility index (Phi) is 4.77. The first-order valence-electron chi connectivity index (χ1n) is 6.05. The van der Waals surface area contributed by atoms with E-state index in [0.717, 1.165) is 0 Å². The van der Waals surface area contributed by atoms with E-state index in [9.17, 15) is 13.2 Å². The molecule has 0 aliphatic rings. The van der Waals surface area contributed by atoms with E-state index < -0.39 is 15.6 Å². The molecule has 1 amide bonds. The van der Waals surface area contributed by atoms with E-state index in [1.807, 2.05) is 0 Å². The summed E-state index contributed by atoms with van der Waals surface area (Å²) in [5, 5.41) is 2.54. The Hall–Kier alpha value is -1.60. The highest BCUT2D eigenvalue weighted by molar-refractivity contribution is 7.89. The number of hydrogen-bond donors (Lipinski definition) is 2. The number of hydrogen-bond acceptors (Lipinski definition) is 4. The van der Waals surface area contributed by atoms with E-state index in [1.54, 1.807) is 20.8 Å². The van der Waals surface area contributed by atoms with Crippen LogP contribution in [0.15, 0.2) is 23.1 Å². The molecule has 0 aromatic heterocycles. The molecule has 0 saturated heterocycles. The van der Waals surface area contributed by atoms with Crippen molar-refractivity contribution in [2.24, 2.45) is 0 Å². The molecule has 0 bridgehead atoms. The van der Waals surface area contributed by atoms with Crippen molar-refractivity contribution in [1.29, 1.82) is 0 Å². The van der Waals surface area contributed by atoms with E-state index in [-0.39, 0.29) is 10.8 Å². The van der Waals surface area contributed by atoms with Crippen LogP contribution < -0.4 is 14.8 Å². The van der Waals surface area contributed by atoms with Crippen LogP contribution in [0.25, 0.3) is 0 Å². The van der Waals surface area contributed by atoms with Gasteiger partial charge >= 0.3 is 0 Å².